The Hall–Kier alpha value is -13.1. The molecule has 5 heterocycles. The van der Waals surface area contributed by atoms with Crippen LogP contribution < -0.4 is 47.9 Å². The van der Waals surface area contributed by atoms with Crippen molar-refractivity contribution in [2.24, 2.45) is 47.2 Å². The number of unbranched alkanes of at least 4 members (excludes halogenated alkanes) is 2. The van der Waals surface area contributed by atoms with Gasteiger partial charge < -0.3 is 87.6 Å². The number of imidazole rings is 2. The van der Waals surface area contributed by atoms with E-state index in [1.54, 1.807) is 6.07 Å². The zero-order valence-corrected chi connectivity index (χ0v) is 86.7. The first-order valence-electron chi connectivity index (χ1n) is 48.1. The minimum Gasteiger partial charge on any atom is -0.744 e. The highest BCUT2D eigenvalue weighted by molar-refractivity contribution is 8.00. The van der Waals surface area contributed by atoms with Crippen molar-refractivity contribution in [3.05, 3.63) is 126 Å². The number of imide groups is 1. The Bertz CT molecular complexity index is 5810. The van der Waals surface area contributed by atoms with Crippen molar-refractivity contribution in [3.63, 3.8) is 0 Å². The summed E-state index contributed by atoms with van der Waals surface area (Å²) in [5.41, 5.74) is 10.9. The van der Waals surface area contributed by atoms with Gasteiger partial charge in [0.2, 0.25) is 64.8 Å². The lowest BCUT2D eigenvalue weighted by molar-refractivity contribution is -0.433. The maximum atomic E-state index is 14.4. The molecule has 0 saturated carbocycles. The fourth-order valence-electron chi connectivity index (χ4n) is 17.2. The fraction of sp³-hybridized carbons (Fsp3) is 0.556. The van der Waals surface area contributed by atoms with E-state index in [9.17, 15) is 119 Å². The van der Waals surface area contributed by atoms with E-state index < -0.39 is 279 Å². The Kier molecular flexibility index (Phi) is 47.1. The molecule has 10 amide bonds. The number of nitrogens with two attached hydrogens (primary N) is 1. The van der Waals surface area contributed by atoms with Gasteiger partial charge in [0.05, 0.1) is 106 Å². The minimum atomic E-state index is -4.65. The number of aliphatic carboxylic acids is 2. The highest BCUT2D eigenvalue weighted by Crippen LogP contribution is 2.48. The van der Waals surface area contributed by atoms with Crippen LogP contribution >= 0.6 is 11.8 Å². The van der Waals surface area contributed by atoms with Crippen LogP contribution in [0.2, 0.25) is 0 Å². The molecule has 0 bridgehead atoms. The molecular formula is C99H135N15O29S3. The van der Waals surface area contributed by atoms with Crippen molar-refractivity contribution in [2.45, 2.75) is 282 Å². The number of carboxylic acid groups (broad SMARTS) is 2. The van der Waals surface area contributed by atoms with E-state index in [2.05, 4.69) is 98.7 Å². The van der Waals surface area contributed by atoms with E-state index >= 15 is 0 Å². The van der Waals surface area contributed by atoms with Crippen molar-refractivity contribution >= 4 is 161 Å². The van der Waals surface area contributed by atoms with Crippen molar-refractivity contribution in [1.29, 1.82) is 0 Å². The maximum Gasteiger partial charge on any atom is 0.425 e. The number of aliphatic hydroxyl groups excluding tert-OH is 2. The number of fused-ring (bicyclic) bond motifs is 2. The average molecular weight is 2100 g/mol. The lowest BCUT2D eigenvalue weighted by atomic mass is 9.81. The number of ketones is 7. The quantitative estimate of drug-likeness (QED) is 0.00991. The zero-order chi connectivity index (χ0) is 109. The number of benzene rings is 2. The van der Waals surface area contributed by atoms with Crippen LogP contribution in [-0.2, 0) is 135 Å². The van der Waals surface area contributed by atoms with E-state index in [-0.39, 0.29) is 85.1 Å². The van der Waals surface area contributed by atoms with Gasteiger partial charge in [-0.05, 0) is 125 Å². The Labute approximate surface area is 852 Å². The molecule has 0 aliphatic carbocycles. The molecule has 7 rings (SSSR count). The molecule has 47 heteroatoms. The summed E-state index contributed by atoms with van der Waals surface area (Å²) in [6, 6.07) is 4.46. The largest absolute Gasteiger partial charge is 0.744 e. The van der Waals surface area contributed by atoms with Gasteiger partial charge in [-0.15, -0.1) is 24.4 Å². The van der Waals surface area contributed by atoms with Crippen LogP contribution in [0.15, 0.2) is 108 Å². The zero-order valence-electron chi connectivity index (χ0n) is 84.3. The number of likely N-dealkylation sites (tertiary alicyclic amines) is 1. The van der Waals surface area contributed by atoms with Crippen LogP contribution in [0.5, 0.6) is 0 Å². The predicted octanol–water partition coefficient (Wildman–Crippen LogP) is 3.30. The number of rotatable bonds is 62. The number of carbonyl (C=O) groups excluding carboxylic acids is 17. The van der Waals surface area contributed by atoms with E-state index in [0.29, 0.717) is 31.6 Å². The second kappa shape index (κ2) is 56.5. The predicted molar refractivity (Wildman–Crippen MR) is 529 cm³/mol. The van der Waals surface area contributed by atoms with Crippen LogP contribution in [0, 0.1) is 41.4 Å². The first-order chi connectivity index (χ1) is 68.4. The molecular weight excluding hydrogens is 1960 g/mol. The van der Waals surface area contributed by atoms with Crippen LogP contribution in [0.3, 0.4) is 0 Å². The first kappa shape index (κ1) is 122. The molecule has 0 radical (unpaired) electrons. The molecule has 2 aromatic carbocycles. The first-order valence-corrected chi connectivity index (χ1v) is 51.6. The highest BCUT2D eigenvalue weighted by atomic mass is 32.2. The number of primary amides is 1. The molecule has 16 atom stereocenters. The van der Waals surface area contributed by atoms with Crippen LogP contribution in [0.1, 0.15) is 222 Å². The third-order valence-electron chi connectivity index (χ3n) is 25.9. The van der Waals surface area contributed by atoms with Gasteiger partial charge in [-0.2, -0.15) is 4.58 Å². The Morgan fingerprint density at radius 1 is 0.575 bits per heavy atom. The molecule has 1 saturated heterocycles. The number of para-hydroxylation sites is 1. The Morgan fingerprint density at radius 3 is 1.52 bits per heavy atom. The molecule has 3 aliphatic heterocycles. The lowest BCUT2D eigenvalue weighted by Gasteiger charge is -2.27. The third-order valence-corrected chi connectivity index (χ3v) is 28.1. The summed E-state index contributed by atoms with van der Waals surface area (Å²) < 4.78 is 63.2. The Morgan fingerprint density at radius 2 is 1.05 bits per heavy atom. The summed E-state index contributed by atoms with van der Waals surface area (Å²) in [5, 5.41) is 57.5. The van der Waals surface area contributed by atoms with Crippen LogP contribution in [0.25, 0.3) is 0 Å². The number of aromatic amines is 2. The van der Waals surface area contributed by atoms with Gasteiger partial charge in [0, 0.05) is 179 Å². The SMILES string of the molecule is CC[N+]1=C(/C=C/C=C/C=C2/N(CCCCCC(=O)NCCN3C(=O)CC(SC[C@@H](CC(C)=O)C(=O)N[C@H](C)C(=O)C[C@H](C)C(=O)N[C@H](C)C(=O)C[C@@H](C(=O)N[C@H](Cc4c[nH]cn4)C(=O)C[C@H](CCC(=O)O)C(=O)N[C@H](C)C(=O)C[C@H](C)C(=O)N[C@H](C)C(=O)C[C@@H](C(=O)N[C@H](Cc4c[nH]cn4)C(=O)C[C@H](CCC(=O)O)C(N)=O)[C@H](C)O)[C@H](C)O)C3=O)c3ccccc3C2(C)C)C(C)(C)c2cc(S(=O)(=O)[O-])ccc21.O=S(=O)=O. The fourth-order valence-corrected chi connectivity index (χ4v) is 19.0. The minimum absolute atomic E-state index is 0.0101. The van der Waals surface area contributed by atoms with E-state index in [4.69, 9.17) is 23.5 Å². The van der Waals surface area contributed by atoms with Gasteiger partial charge in [0.1, 0.15) is 22.4 Å². The van der Waals surface area contributed by atoms with Gasteiger partial charge in [0.25, 0.3) is 0 Å². The number of aromatic nitrogens is 4. The molecule has 3 aliphatic rings. The monoisotopic (exact) mass is 2090 g/mol. The topological polar surface area (TPSA) is 691 Å². The number of nitrogens with one attached hydrogen (secondary N) is 9. The number of hydrogen-bond acceptors (Lipinski definition) is 31. The summed E-state index contributed by atoms with van der Waals surface area (Å²) in [5.74, 6) is -24.4. The van der Waals surface area contributed by atoms with Crippen molar-refractivity contribution in [1.82, 2.24) is 62.1 Å². The second-order valence-electron chi connectivity index (χ2n) is 38.1. The number of anilines is 1. The number of thioether (sulfide) groups is 1. The number of aliphatic hydroxyl groups is 2. The second-order valence-corrected chi connectivity index (χ2v) is 41.1. The Balaban J connectivity index is 0.00000799. The number of amides is 10. The van der Waals surface area contributed by atoms with Gasteiger partial charge in [-0.3, -0.25) is 91.2 Å². The smallest absolute Gasteiger partial charge is 0.425 e. The molecule has 44 nitrogen and oxygen atoms in total. The molecule has 798 valence electrons. The van der Waals surface area contributed by atoms with Gasteiger partial charge in [-0.25, -0.2) is 18.4 Å². The molecule has 0 spiro atoms. The number of H-pyrrole nitrogens is 2. The molecule has 1 unspecified atom stereocenters. The summed E-state index contributed by atoms with van der Waals surface area (Å²) in [4.78, 5) is 271. The molecule has 2 aromatic heterocycles. The molecule has 146 heavy (non-hydrogen) atoms. The summed E-state index contributed by atoms with van der Waals surface area (Å²) >= 11 is 0.993. The van der Waals surface area contributed by atoms with Crippen molar-refractivity contribution in [3.8, 4) is 0 Å². The normalized spacial score (nSPS) is 17.5. The summed E-state index contributed by atoms with van der Waals surface area (Å²) in [6.45, 7) is 23.1. The number of carbonyl (C=O) groups is 19. The van der Waals surface area contributed by atoms with Crippen molar-refractivity contribution in [2.75, 3.05) is 36.8 Å². The van der Waals surface area contributed by atoms with Gasteiger partial charge >= 0.3 is 22.5 Å². The number of allylic oxidation sites excluding steroid dienone is 6. The van der Waals surface area contributed by atoms with E-state index in [1.165, 1.54) is 105 Å². The summed E-state index contributed by atoms with van der Waals surface area (Å²) in [6.07, 6.45) is 7.78. The summed E-state index contributed by atoms with van der Waals surface area (Å²) in [7, 11) is -7.76. The average Bonchev–Trinajstić information content (AvgIpc) is 1.58. The van der Waals surface area contributed by atoms with Gasteiger partial charge in [-0.1, -0.05) is 70.5 Å². The highest BCUT2D eigenvalue weighted by Gasteiger charge is 2.47. The van der Waals surface area contributed by atoms with Crippen LogP contribution in [-0.4, -0.2) is 278 Å². The number of Topliss-reactive ketones (excluding diaryl/α,β-unsaturated/α-hetero) is 7. The number of nitrogens with zero attached hydrogens (tertiary/aromatic N) is 5. The van der Waals surface area contributed by atoms with Gasteiger partial charge in [0.15, 0.2) is 40.4 Å². The lowest BCUT2D eigenvalue weighted by Crippen LogP contribution is -2.50. The van der Waals surface area contributed by atoms with Crippen LogP contribution in [0.4, 0.5) is 11.4 Å². The van der Waals surface area contributed by atoms with E-state index in [1.807, 2.05) is 57.2 Å². The third kappa shape index (κ3) is 36.5. The standard InChI is InChI=1S/C99H135N15O26S2.O3S/c1-15-112-76-32-31-68(142(138,139)140)45-72(76)99(13,14)84(112)26-18-16-19-27-85-98(11,12)71-24-21-22-25-75(71)113(85)36-23-17-20-28-86(124)103-35-37-114-87(125)48-83(97(114)137)141-51-65(40-56(4)115)94(134)109-58(6)78(119)39-55(3)92(132)107-60(8)80(121)47-70(62(10)117)96(136)111-74(44-67-50-102-53-105-67)82(123)42-64(30-34-89(128)129)93(133)108-57(5)77(118)38-54(2)91(131)106-59(7)79(120)46-69(61(9)116)95(135)110-73(43-66-49-101-52-104-66)81(122)41-63(90(100)130)29-33-88(126)127;1-4(2)3/h16,18-19,21-22,24-27,31-32,45,49-50,52-55,57-65,69-70,73-74,83,116-117H,15,17,20,23,28-30,33-44,46-48,51H2,1-14H3,(H13-,100,101,102,103,104,105,106,107,108,109,110,111,124,126,127,128,129,130,131,132,133,134,135,136,138,139,140);/t54-,55-,57+,58+,59+,60+,61-,62-,63-,64-,65+,69+,70+,73+,74+,83?;/m0./s1. The van der Waals surface area contributed by atoms with E-state index in [0.717, 1.165) is 51.4 Å². The molecule has 1 fully saturated rings. The maximum absolute atomic E-state index is 14.4. The number of carboxylic acids is 2. The van der Waals surface area contributed by atoms with Crippen molar-refractivity contribution < 1.29 is 142 Å². The molecule has 15 N–H and O–H groups in total. The molecule has 4 aromatic rings. The number of hydrogen-bond donors (Lipinski definition) is 14.